The molecule has 3 rings (SSSR count). The minimum absolute atomic E-state index is 0.281. The van der Waals surface area contributed by atoms with Gasteiger partial charge >= 0.3 is 0 Å². The van der Waals surface area contributed by atoms with E-state index in [-0.39, 0.29) is 11.7 Å². The summed E-state index contributed by atoms with van der Waals surface area (Å²) in [5.41, 5.74) is 1.32. The molecule has 0 aliphatic rings. The molecule has 1 aromatic heterocycles. The number of nitrogens with one attached hydrogen (secondary N) is 1. The van der Waals surface area contributed by atoms with Crippen molar-refractivity contribution < 1.29 is 18.7 Å². The van der Waals surface area contributed by atoms with Crippen LogP contribution >= 0.6 is 0 Å². The van der Waals surface area contributed by atoms with Crippen LogP contribution in [0.15, 0.2) is 54.7 Å². The molecule has 140 valence electrons. The third-order valence-electron chi connectivity index (χ3n) is 4.05. The third-order valence-corrected chi connectivity index (χ3v) is 4.05. The number of pyridine rings is 1. The van der Waals surface area contributed by atoms with Gasteiger partial charge in [-0.1, -0.05) is 6.92 Å². The van der Waals surface area contributed by atoms with Gasteiger partial charge in [0, 0.05) is 11.6 Å². The van der Waals surface area contributed by atoms with Crippen LogP contribution in [-0.4, -0.2) is 23.6 Å². The maximum Gasteiger partial charge on any atom is 0.265 e. The Hall–Kier alpha value is -3.15. The van der Waals surface area contributed by atoms with Crippen LogP contribution in [0, 0.1) is 5.82 Å². The normalized spacial score (nSPS) is 11.8. The monoisotopic (exact) mass is 368 g/mol. The van der Waals surface area contributed by atoms with Crippen LogP contribution in [0.4, 0.5) is 10.1 Å². The highest BCUT2D eigenvalue weighted by atomic mass is 19.1. The number of nitrogens with zero attached hydrogens (tertiary/aromatic N) is 1. The Morgan fingerprint density at radius 1 is 1.15 bits per heavy atom. The second kappa shape index (κ2) is 8.49. The average Bonchev–Trinajstić information content (AvgIpc) is 2.69. The summed E-state index contributed by atoms with van der Waals surface area (Å²) >= 11 is 0. The van der Waals surface area contributed by atoms with E-state index in [1.165, 1.54) is 24.3 Å². The number of hydrogen-bond donors (Lipinski definition) is 1. The molecule has 0 saturated carbocycles. The number of carbonyl (C=O) groups is 1. The smallest absolute Gasteiger partial charge is 0.265 e. The van der Waals surface area contributed by atoms with E-state index >= 15 is 0 Å². The average molecular weight is 368 g/mol. The maximum absolute atomic E-state index is 13.0. The van der Waals surface area contributed by atoms with Crippen molar-refractivity contribution in [2.75, 3.05) is 11.9 Å². The Morgan fingerprint density at radius 3 is 2.63 bits per heavy atom. The van der Waals surface area contributed by atoms with E-state index in [2.05, 4.69) is 10.3 Å². The summed E-state index contributed by atoms with van der Waals surface area (Å²) in [6.07, 6.45) is 1.45. The lowest BCUT2D eigenvalue weighted by molar-refractivity contribution is -0.122. The molecular formula is C21H21FN2O3. The molecule has 0 fully saturated rings. The molecular weight excluding hydrogens is 347 g/mol. The Kier molecular flexibility index (Phi) is 5.86. The second-order valence-electron chi connectivity index (χ2n) is 5.90. The molecule has 0 aliphatic carbocycles. The molecule has 1 atom stereocenters. The minimum Gasteiger partial charge on any atom is -0.492 e. The lowest BCUT2D eigenvalue weighted by atomic mass is 10.1. The first-order chi connectivity index (χ1) is 13.1. The zero-order chi connectivity index (χ0) is 19.2. The van der Waals surface area contributed by atoms with Crippen molar-refractivity contribution in [1.29, 1.82) is 0 Å². The van der Waals surface area contributed by atoms with Gasteiger partial charge in [-0.05, 0) is 61.9 Å². The molecule has 0 unspecified atom stereocenters. The van der Waals surface area contributed by atoms with Crippen molar-refractivity contribution in [2.24, 2.45) is 0 Å². The first kappa shape index (κ1) is 18.6. The first-order valence-electron chi connectivity index (χ1n) is 8.86. The molecule has 1 amide bonds. The van der Waals surface area contributed by atoms with Gasteiger partial charge in [-0.3, -0.25) is 9.78 Å². The summed E-state index contributed by atoms with van der Waals surface area (Å²) < 4.78 is 24.4. The molecule has 0 aliphatic heterocycles. The van der Waals surface area contributed by atoms with Crippen LogP contribution in [-0.2, 0) is 4.79 Å². The fourth-order valence-corrected chi connectivity index (χ4v) is 2.74. The topological polar surface area (TPSA) is 60.5 Å². The Balaban J connectivity index is 1.82. The number of rotatable bonds is 7. The molecule has 5 nitrogen and oxygen atoms in total. The van der Waals surface area contributed by atoms with Crippen molar-refractivity contribution in [3.63, 3.8) is 0 Å². The van der Waals surface area contributed by atoms with Gasteiger partial charge in [0.1, 0.15) is 22.8 Å². The van der Waals surface area contributed by atoms with Gasteiger partial charge in [0.05, 0.1) is 12.3 Å². The predicted octanol–water partition coefficient (Wildman–Crippen LogP) is 4.57. The zero-order valence-electron chi connectivity index (χ0n) is 15.2. The summed E-state index contributed by atoms with van der Waals surface area (Å²) in [7, 11) is 0. The molecule has 3 aromatic rings. The summed E-state index contributed by atoms with van der Waals surface area (Å²) in [5, 5.41) is 3.69. The van der Waals surface area contributed by atoms with Gasteiger partial charge in [-0.2, -0.15) is 0 Å². The van der Waals surface area contributed by atoms with Crippen molar-refractivity contribution in [1.82, 2.24) is 4.98 Å². The molecule has 2 aromatic carbocycles. The van der Waals surface area contributed by atoms with Crippen LogP contribution in [0.5, 0.6) is 11.5 Å². The lowest BCUT2D eigenvalue weighted by Crippen LogP contribution is -2.32. The molecule has 0 bridgehead atoms. The summed E-state index contributed by atoms with van der Waals surface area (Å²) in [4.78, 5) is 17.1. The highest BCUT2D eigenvalue weighted by Crippen LogP contribution is 2.30. The molecule has 1 N–H and O–H groups in total. The Bertz CT molecular complexity index is 928. The number of hydrogen-bond acceptors (Lipinski definition) is 4. The van der Waals surface area contributed by atoms with Gasteiger partial charge in [0.25, 0.3) is 5.91 Å². The Morgan fingerprint density at radius 2 is 1.93 bits per heavy atom. The number of carbonyl (C=O) groups excluding carboxylic acids is 1. The number of fused-ring (bicyclic) bond motifs is 1. The number of ether oxygens (including phenoxy) is 2. The number of amides is 1. The highest BCUT2D eigenvalue weighted by Gasteiger charge is 2.20. The van der Waals surface area contributed by atoms with Crippen LogP contribution in [0.2, 0.25) is 0 Å². The van der Waals surface area contributed by atoms with E-state index in [1.54, 1.807) is 24.4 Å². The van der Waals surface area contributed by atoms with Crippen LogP contribution < -0.4 is 14.8 Å². The van der Waals surface area contributed by atoms with Crippen molar-refractivity contribution >= 4 is 22.5 Å². The maximum atomic E-state index is 13.0. The number of aromatic nitrogens is 1. The van der Waals surface area contributed by atoms with Gasteiger partial charge in [-0.15, -0.1) is 0 Å². The quantitative estimate of drug-likeness (QED) is 0.664. The van der Waals surface area contributed by atoms with E-state index < -0.39 is 6.10 Å². The molecule has 0 spiro atoms. The van der Waals surface area contributed by atoms with Crippen LogP contribution in [0.25, 0.3) is 10.9 Å². The minimum atomic E-state index is -0.700. The van der Waals surface area contributed by atoms with Gasteiger partial charge in [0.2, 0.25) is 0 Å². The number of benzene rings is 2. The SMILES string of the molecule is CCOc1ccc(NC(=O)[C@H](CC)Oc2ccc(F)cc2)c2cccnc12. The largest absolute Gasteiger partial charge is 0.492 e. The first-order valence-corrected chi connectivity index (χ1v) is 8.86. The van der Waals surface area contributed by atoms with Gasteiger partial charge in [0.15, 0.2) is 6.10 Å². The zero-order valence-corrected chi connectivity index (χ0v) is 15.2. The van der Waals surface area contributed by atoms with E-state index in [1.807, 2.05) is 19.9 Å². The van der Waals surface area contributed by atoms with Gasteiger partial charge in [-0.25, -0.2) is 4.39 Å². The van der Waals surface area contributed by atoms with E-state index in [9.17, 15) is 9.18 Å². The Labute approximate surface area is 157 Å². The summed E-state index contributed by atoms with van der Waals surface area (Å²) in [5.74, 6) is 0.474. The predicted molar refractivity (Wildman–Crippen MR) is 103 cm³/mol. The van der Waals surface area contributed by atoms with E-state index in [0.29, 0.717) is 35.7 Å². The molecule has 0 saturated heterocycles. The van der Waals surface area contributed by atoms with Crippen LogP contribution in [0.3, 0.4) is 0 Å². The third kappa shape index (κ3) is 4.34. The standard InChI is InChI=1S/C21H21FN2O3/c1-3-18(27-15-9-7-14(22)8-10-15)21(25)24-17-11-12-19(26-4-2)20-16(17)6-5-13-23-20/h5-13,18H,3-4H2,1-2H3,(H,24,25)/t18-/m0/s1. The number of halogens is 1. The van der Waals surface area contributed by atoms with Gasteiger partial charge < -0.3 is 14.8 Å². The van der Waals surface area contributed by atoms with E-state index in [4.69, 9.17) is 9.47 Å². The molecule has 0 radical (unpaired) electrons. The summed E-state index contributed by atoms with van der Waals surface area (Å²) in [6.45, 7) is 4.29. The lowest BCUT2D eigenvalue weighted by Gasteiger charge is -2.18. The fourth-order valence-electron chi connectivity index (χ4n) is 2.74. The number of anilines is 1. The highest BCUT2D eigenvalue weighted by molar-refractivity contribution is 6.04. The van der Waals surface area contributed by atoms with Crippen molar-refractivity contribution in [3.05, 3.63) is 60.5 Å². The van der Waals surface area contributed by atoms with Crippen LogP contribution in [0.1, 0.15) is 20.3 Å². The summed E-state index contributed by atoms with van der Waals surface area (Å²) in [6, 6.07) is 12.9. The van der Waals surface area contributed by atoms with E-state index in [0.717, 1.165) is 5.39 Å². The fraction of sp³-hybridized carbons (Fsp3) is 0.238. The van der Waals surface area contributed by atoms with Crippen molar-refractivity contribution in [2.45, 2.75) is 26.4 Å². The second-order valence-corrected chi connectivity index (χ2v) is 5.90. The van der Waals surface area contributed by atoms with Crippen molar-refractivity contribution in [3.8, 4) is 11.5 Å². The molecule has 27 heavy (non-hydrogen) atoms. The molecule has 1 heterocycles. The molecule has 6 heteroatoms.